The average Bonchev–Trinajstić information content (AvgIpc) is 3.30. The van der Waals surface area contributed by atoms with Gasteiger partial charge < -0.3 is 18.9 Å². The Morgan fingerprint density at radius 1 is 0.925 bits per heavy atom. The maximum Gasteiger partial charge on any atom is 0.338 e. The number of rotatable bonds is 8. The second-order valence-corrected chi connectivity index (χ2v) is 9.77. The molecule has 0 amide bonds. The number of carbonyl (C=O) groups is 1. The van der Waals surface area contributed by atoms with E-state index in [0.29, 0.717) is 37.8 Å². The first-order chi connectivity index (χ1) is 19.5. The van der Waals surface area contributed by atoms with E-state index < -0.39 is 12.0 Å². The van der Waals surface area contributed by atoms with Crippen LogP contribution in [0.2, 0.25) is 0 Å². The van der Waals surface area contributed by atoms with Gasteiger partial charge in [-0.05, 0) is 25.1 Å². The Hall–Kier alpha value is -4.63. The van der Waals surface area contributed by atoms with Crippen molar-refractivity contribution >= 4 is 29.1 Å². The summed E-state index contributed by atoms with van der Waals surface area (Å²) in [6, 6.07) is 21.3. The van der Waals surface area contributed by atoms with E-state index in [9.17, 15) is 9.59 Å². The van der Waals surface area contributed by atoms with Gasteiger partial charge in [-0.1, -0.05) is 72.0 Å². The maximum atomic E-state index is 14.1. The summed E-state index contributed by atoms with van der Waals surface area (Å²) in [6.45, 7) is 1.90. The number of hydrogen-bond acceptors (Lipinski definition) is 8. The lowest BCUT2D eigenvalue weighted by Gasteiger charge is -2.27. The molecular formula is C31H28N2O6S. The SMILES string of the molecule is CCOC(=O)C1=C(c2ccccc2)N=c2s/c(=C\c3ccccc3OC)c(=O)n2[C@@H]1c1cccc(OC)c1OC. The molecule has 0 saturated carbocycles. The zero-order chi connectivity index (χ0) is 28.2. The Morgan fingerprint density at radius 3 is 2.33 bits per heavy atom. The molecule has 0 spiro atoms. The van der Waals surface area contributed by atoms with Crippen molar-refractivity contribution in [2.75, 3.05) is 27.9 Å². The van der Waals surface area contributed by atoms with Crippen molar-refractivity contribution < 1.29 is 23.7 Å². The summed E-state index contributed by atoms with van der Waals surface area (Å²) in [5.41, 5.74) is 2.39. The Bertz CT molecular complexity index is 1770. The highest BCUT2D eigenvalue weighted by molar-refractivity contribution is 7.07. The van der Waals surface area contributed by atoms with Gasteiger partial charge in [-0.15, -0.1) is 0 Å². The molecule has 40 heavy (non-hydrogen) atoms. The smallest absolute Gasteiger partial charge is 0.338 e. The predicted molar refractivity (Wildman–Crippen MR) is 154 cm³/mol. The summed E-state index contributed by atoms with van der Waals surface area (Å²) >= 11 is 1.24. The van der Waals surface area contributed by atoms with E-state index in [4.69, 9.17) is 23.9 Å². The molecule has 2 heterocycles. The summed E-state index contributed by atoms with van der Waals surface area (Å²) in [4.78, 5) is 33.1. The van der Waals surface area contributed by atoms with Crippen molar-refractivity contribution in [1.82, 2.24) is 4.57 Å². The monoisotopic (exact) mass is 556 g/mol. The summed E-state index contributed by atoms with van der Waals surface area (Å²) in [5, 5.41) is 0. The molecule has 9 heteroatoms. The molecule has 204 valence electrons. The molecule has 8 nitrogen and oxygen atoms in total. The van der Waals surface area contributed by atoms with Crippen LogP contribution >= 0.6 is 11.3 Å². The zero-order valence-electron chi connectivity index (χ0n) is 22.5. The molecule has 0 saturated heterocycles. The van der Waals surface area contributed by atoms with Gasteiger partial charge in [0.1, 0.15) is 11.8 Å². The first kappa shape index (κ1) is 27.0. The number of para-hydroxylation sites is 2. The minimum absolute atomic E-state index is 0.157. The summed E-state index contributed by atoms with van der Waals surface area (Å²) < 4.78 is 24.3. The number of carbonyl (C=O) groups excluding carboxylic acids is 1. The van der Waals surface area contributed by atoms with E-state index in [0.717, 1.165) is 11.1 Å². The molecule has 0 unspecified atom stereocenters. The average molecular weight is 557 g/mol. The molecule has 0 N–H and O–H groups in total. The van der Waals surface area contributed by atoms with Gasteiger partial charge in [0.15, 0.2) is 16.3 Å². The highest BCUT2D eigenvalue weighted by Gasteiger charge is 2.37. The third kappa shape index (κ3) is 4.80. The van der Waals surface area contributed by atoms with Crippen molar-refractivity contribution in [1.29, 1.82) is 0 Å². The summed E-state index contributed by atoms with van der Waals surface area (Å²) in [6.07, 6.45) is 1.78. The third-order valence-corrected chi connectivity index (χ3v) is 7.51. The van der Waals surface area contributed by atoms with E-state index in [-0.39, 0.29) is 17.7 Å². The molecule has 0 aliphatic carbocycles. The van der Waals surface area contributed by atoms with Crippen molar-refractivity contribution in [2.24, 2.45) is 4.99 Å². The van der Waals surface area contributed by atoms with Crippen LogP contribution in [0, 0.1) is 0 Å². The number of fused-ring (bicyclic) bond motifs is 1. The van der Waals surface area contributed by atoms with E-state index in [1.807, 2.05) is 60.7 Å². The van der Waals surface area contributed by atoms with E-state index >= 15 is 0 Å². The van der Waals surface area contributed by atoms with E-state index in [1.165, 1.54) is 30.1 Å². The minimum atomic E-state index is -0.893. The zero-order valence-corrected chi connectivity index (χ0v) is 23.4. The van der Waals surface area contributed by atoms with Gasteiger partial charge in [0.05, 0.1) is 43.7 Å². The number of benzene rings is 3. The molecule has 1 atom stereocenters. The topological polar surface area (TPSA) is 88.4 Å². The highest BCUT2D eigenvalue weighted by atomic mass is 32.1. The lowest BCUT2D eigenvalue weighted by Crippen LogP contribution is -2.40. The van der Waals surface area contributed by atoms with Gasteiger partial charge >= 0.3 is 5.97 Å². The number of ether oxygens (including phenoxy) is 4. The highest BCUT2D eigenvalue weighted by Crippen LogP contribution is 2.42. The largest absolute Gasteiger partial charge is 0.496 e. The fourth-order valence-electron chi connectivity index (χ4n) is 4.79. The molecule has 1 aliphatic heterocycles. The van der Waals surface area contributed by atoms with Crippen LogP contribution in [0.25, 0.3) is 11.8 Å². The minimum Gasteiger partial charge on any atom is -0.496 e. The first-order valence-electron chi connectivity index (χ1n) is 12.6. The molecule has 0 fully saturated rings. The fourth-order valence-corrected chi connectivity index (χ4v) is 5.78. The maximum absolute atomic E-state index is 14.1. The molecular weight excluding hydrogens is 528 g/mol. The van der Waals surface area contributed by atoms with Crippen LogP contribution in [-0.4, -0.2) is 38.5 Å². The number of methoxy groups -OCH3 is 3. The fraction of sp³-hybridized carbons (Fsp3) is 0.194. The van der Waals surface area contributed by atoms with E-state index in [2.05, 4.69) is 0 Å². The van der Waals surface area contributed by atoms with Crippen molar-refractivity contribution in [3.8, 4) is 17.2 Å². The number of nitrogens with zero attached hydrogens (tertiary/aromatic N) is 2. The molecule has 1 aliphatic rings. The van der Waals surface area contributed by atoms with Crippen LogP contribution < -0.4 is 29.1 Å². The quantitative estimate of drug-likeness (QED) is 0.306. The standard InChI is InChI=1S/C31H28N2O6S/c1-5-39-30(35)25-26(19-12-7-6-8-13-19)32-31-33(27(25)21-15-11-17-23(37-3)28(21)38-4)29(34)24(40-31)18-20-14-9-10-16-22(20)36-2/h6-18,27H,5H2,1-4H3/b24-18-/t27-/m1/s1. The van der Waals surface area contributed by atoms with Crippen LogP contribution in [0.15, 0.2) is 88.2 Å². The Morgan fingerprint density at radius 2 is 1.62 bits per heavy atom. The first-order valence-corrected chi connectivity index (χ1v) is 13.5. The van der Waals surface area contributed by atoms with E-state index in [1.54, 1.807) is 32.2 Å². The summed E-state index contributed by atoms with van der Waals surface area (Å²) in [5.74, 6) is 0.943. The van der Waals surface area contributed by atoms with Crippen LogP contribution in [0.1, 0.15) is 29.7 Å². The predicted octanol–water partition coefficient (Wildman–Crippen LogP) is 3.96. The van der Waals surface area contributed by atoms with Crippen LogP contribution in [0.4, 0.5) is 0 Å². The lowest BCUT2D eigenvalue weighted by molar-refractivity contribution is -0.138. The molecule has 3 aromatic carbocycles. The molecule has 5 rings (SSSR count). The second-order valence-electron chi connectivity index (χ2n) is 8.76. The van der Waals surface area contributed by atoms with Gasteiger partial charge in [0.25, 0.3) is 5.56 Å². The molecule has 0 bridgehead atoms. The Labute approximate surface area is 235 Å². The van der Waals surface area contributed by atoms with Gasteiger partial charge in [0, 0.05) is 16.7 Å². The Balaban J connectivity index is 1.89. The number of aromatic nitrogens is 1. The molecule has 4 aromatic rings. The number of esters is 1. The van der Waals surface area contributed by atoms with Crippen molar-refractivity contribution in [3.05, 3.63) is 115 Å². The lowest BCUT2D eigenvalue weighted by atomic mass is 9.92. The normalized spacial score (nSPS) is 14.8. The van der Waals surface area contributed by atoms with Crippen molar-refractivity contribution in [3.63, 3.8) is 0 Å². The van der Waals surface area contributed by atoms with Gasteiger partial charge in [-0.2, -0.15) is 0 Å². The second kappa shape index (κ2) is 11.6. The van der Waals surface area contributed by atoms with Gasteiger partial charge in [0.2, 0.25) is 0 Å². The van der Waals surface area contributed by atoms with Gasteiger partial charge in [-0.3, -0.25) is 9.36 Å². The van der Waals surface area contributed by atoms with Gasteiger partial charge in [-0.25, -0.2) is 9.79 Å². The molecule has 1 aromatic heterocycles. The van der Waals surface area contributed by atoms with Crippen molar-refractivity contribution in [2.45, 2.75) is 13.0 Å². The Kier molecular flexibility index (Phi) is 7.84. The number of hydrogen-bond donors (Lipinski definition) is 0. The molecule has 0 radical (unpaired) electrons. The van der Waals surface area contributed by atoms with Crippen LogP contribution in [-0.2, 0) is 9.53 Å². The van der Waals surface area contributed by atoms with Crippen LogP contribution in [0.5, 0.6) is 17.2 Å². The number of thiazole rings is 1. The van der Waals surface area contributed by atoms with Crippen LogP contribution in [0.3, 0.4) is 0 Å². The summed E-state index contributed by atoms with van der Waals surface area (Å²) in [7, 11) is 4.65. The third-order valence-electron chi connectivity index (χ3n) is 6.53.